The van der Waals surface area contributed by atoms with Crippen LogP contribution in [-0.2, 0) is 24.2 Å². The Morgan fingerprint density at radius 3 is 2.86 bits per heavy atom. The van der Waals surface area contributed by atoms with Crippen LogP contribution in [-0.4, -0.2) is 29.2 Å². The molecule has 1 aliphatic heterocycles. The number of fused-ring (bicyclic) bond motifs is 4. The molecule has 7 nitrogen and oxygen atoms in total. The van der Waals surface area contributed by atoms with E-state index in [1.807, 2.05) is 0 Å². The fourth-order valence-corrected chi connectivity index (χ4v) is 4.97. The van der Waals surface area contributed by atoms with Crippen molar-refractivity contribution in [2.24, 2.45) is 0 Å². The van der Waals surface area contributed by atoms with Gasteiger partial charge in [0.15, 0.2) is 23.9 Å². The molecular weight excluding hydrogens is 378 g/mol. The molecule has 0 atom stereocenters. The predicted octanol–water partition coefficient (Wildman–Crippen LogP) is 3.28. The smallest absolute Gasteiger partial charge is 0.338 e. The molecule has 2 N–H and O–H groups in total. The van der Waals surface area contributed by atoms with E-state index < -0.39 is 5.97 Å². The quantitative estimate of drug-likeness (QED) is 0.678. The number of aryl methyl sites for hydroxylation is 2. The van der Waals surface area contributed by atoms with E-state index in [-0.39, 0.29) is 6.61 Å². The molecule has 3 heterocycles. The number of carbonyl (C=O) groups excluding carboxylic acids is 1. The number of hydrogen-bond acceptors (Lipinski definition) is 8. The number of hydrogen-bond donors (Lipinski definition) is 1. The van der Waals surface area contributed by atoms with Crippen LogP contribution in [0.25, 0.3) is 10.2 Å². The van der Waals surface area contributed by atoms with Crippen molar-refractivity contribution in [2.75, 3.05) is 18.9 Å². The number of ether oxygens (including phenoxy) is 3. The van der Waals surface area contributed by atoms with Gasteiger partial charge in [-0.3, -0.25) is 0 Å². The summed E-state index contributed by atoms with van der Waals surface area (Å²) in [5.74, 6) is 1.59. The number of aromatic nitrogens is 2. The molecule has 1 aromatic carbocycles. The second-order valence-corrected chi connectivity index (χ2v) is 7.93. The maximum absolute atomic E-state index is 12.4. The summed E-state index contributed by atoms with van der Waals surface area (Å²) < 4.78 is 16.4. The van der Waals surface area contributed by atoms with Gasteiger partial charge in [-0.05, 0) is 49.4 Å². The molecule has 0 radical (unpaired) electrons. The zero-order valence-electron chi connectivity index (χ0n) is 15.2. The zero-order chi connectivity index (χ0) is 19.1. The Labute approximate surface area is 165 Å². The van der Waals surface area contributed by atoms with Crippen LogP contribution in [0.3, 0.4) is 0 Å². The lowest BCUT2D eigenvalue weighted by molar-refractivity contribution is 0.0461. The van der Waals surface area contributed by atoms with Crippen molar-refractivity contribution in [3.8, 4) is 11.5 Å². The summed E-state index contributed by atoms with van der Waals surface area (Å²) in [4.78, 5) is 23.6. The normalized spacial score (nSPS) is 15.3. The van der Waals surface area contributed by atoms with Crippen LogP contribution in [0.1, 0.15) is 39.5 Å². The van der Waals surface area contributed by atoms with Gasteiger partial charge < -0.3 is 19.9 Å². The fourth-order valence-electron chi connectivity index (χ4n) is 3.68. The van der Waals surface area contributed by atoms with Crippen molar-refractivity contribution in [3.05, 3.63) is 40.0 Å². The van der Waals surface area contributed by atoms with Crippen molar-refractivity contribution in [3.63, 3.8) is 0 Å². The molecule has 1 aliphatic carbocycles. The number of anilines is 1. The summed E-state index contributed by atoms with van der Waals surface area (Å²) in [6.45, 7) is 0.934. The van der Waals surface area contributed by atoms with E-state index in [0.717, 1.165) is 23.1 Å². The molecule has 5 rings (SSSR count). The second-order valence-electron chi connectivity index (χ2n) is 6.85. The Kier molecular flexibility index (Phi) is 4.27. The number of carbonyl (C=O) groups is 1. The Morgan fingerprint density at radius 1 is 1.14 bits per heavy atom. The molecule has 144 valence electrons. The molecule has 3 aromatic rings. The van der Waals surface area contributed by atoms with Gasteiger partial charge in [0.25, 0.3) is 0 Å². The highest BCUT2D eigenvalue weighted by Gasteiger charge is 2.21. The van der Waals surface area contributed by atoms with Gasteiger partial charge in [0, 0.05) is 4.88 Å². The molecule has 2 aliphatic rings. The third kappa shape index (κ3) is 3.03. The van der Waals surface area contributed by atoms with Crippen LogP contribution in [0.4, 0.5) is 5.82 Å². The summed E-state index contributed by atoms with van der Waals surface area (Å²) in [6.07, 6.45) is 4.48. The van der Waals surface area contributed by atoms with Crippen LogP contribution >= 0.6 is 11.3 Å². The molecular formula is C20H19N3O4S. The highest BCUT2D eigenvalue weighted by Crippen LogP contribution is 2.37. The Balaban J connectivity index is 1.35. The first-order valence-corrected chi connectivity index (χ1v) is 10.1. The van der Waals surface area contributed by atoms with Gasteiger partial charge >= 0.3 is 5.97 Å². The minimum atomic E-state index is -0.468. The van der Waals surface area contributed by atoms with Crippen LogP contribution in [0, 0.1) is 0 Å². The molecule has 8 heteroatoms. The average Bonchev–Trinajstić information content (AvgIpc) is 3.10. The standard InChI is InChI=1S/C20H19N3O4S/c21-18-17-12-3-1-2-4-15(12)28-19(17)23-16(22-18)10-27-20(24)11-5-6-13-14(9-11)26-8-7-25-13/h5-6,9H,1-4,7-8,10H2,(H2,21,22,23). The van der Waals surface area contributed by atoms with E-state index in [4.69, 9.17) is 19.9 Å². The first kappa shape index (κ1) is 17.2. The number of benzene rings is 1. The van der Waals surface area contributed by atoms with Crippen molar-refractivity contribution in [2.45, 2.75) is 32.3 Å². The zero-order valence-corrected chi connectivity index (χ0v) is 16.0. The summed E-state index contributed by atoms with van der Waals surface area (Å²) in [7, 11) is 0. The molecule has 28 heavy (non-hydrogen) atoms. The number of nitrogens with zero attached hydrogens (tertiary/aromatic N) is 2. The van der Waals surface area contributed by atoms with E-state index in [1.54, 1.807) is 29.5 Å². The molecule has 0 saturated heterocycles. The minimum Gasteiger partial charge on any atom is -0.486 e. The summed E-state index contributed by atoms with van der Waals surface area (Å²) in [5, 5.41) is 0.974. The van der Waals surface area contributed by atoms with E-state index in [9.17, 15) is 4.79 Å². The van der Waals surface area contributed by atoms with Crippen molar-refractivity contribution in [1.82, 2.24) is 9.97 Å². The maximum atomic E-state index is 12.4. The van der Waals surface area contributed by atoms with Gasteiger partial charge in [-0.1, -0.05) is 0 Å². The highest BCUT2D eigenvalue weighted by molar-refractivity contribution is 7.19. The molecule has 0 amide bonds. The monoisotopic (exact) mass is 397 g/mol. The maximum Gasteiger partial charge on any atom is 0.338 e. The van der Waals surface area contributed by atoms with E-state index in [1.165, 1.54) is 23.3 Å². The van der Waals surface area contributed by atoms with Gasteiger partial charge in [0.2, 0.25) is 0 Å². The molecule has 0 saturated carbocycles. The number of nitrogen functional groups attached to an aromatic ring is 1. The number of esters is 1. The summed E-state index contributed by atoms with van der Waals surface area (Å²) >= 11 is 1.67. The molecule has 0 spiro atoms. The fraction of sp³-hybridized carbons (Fsp3) is 0.350. The van der Waals surface area contributed by atoms with Crippen LogP contribution < -0.4 is 15.2 Å². The topological polar surface area (TPSA) is 96.6 Å². The predicted molar refractivity (Wildman–Crippen MR) is 105 cm³/mol. The lowest BCUT2D eigenvalue weighted by Crippen LogP contribution is -2.16. The second kappa shape index (κ2) is 6.94. The Hall–Kier alpha value is -2.87. The number of rotatable bonds is 3. The van der Waals surface area contributed by atoms with Gasteiger partial charge in [-0.2, -0.15) is 0 Å². The summed E-state index contributed by atoms with van der Waals surface area (Å²) in [5.41, 5.74) is 7.89. The van der Waals surface area contributed by atoms with Crippen molar-refractivity contribution in [1.29, 1.82) is 0 Å². The summed E-state index contributed by atoms with van der Waals surface area (Å²) in [6, 6.07) is 4.99. The van der Waals surface area contributed by atoms with Crippen molar-refractivity contribution >= 4 is 33.3 Å². The number of thiophene rings is 1. The third-order valence-electron chi connectivity index (χ3n) is 5.00. The lowest BCUT2D eigenvalue weighted by atomic mass is 9.97. The van der Waals surface area contributed by atoms with E-state index in [0.29, 0.717) is 41.9 Å². The van der Waals surface area contributed by atoms with Crippen LogP contribution in [0.15, 0.2) is 18.2 Å². The van der Waals surface area contributed by atoms with Gasteiger partial charge in [0.05, 0.1) is 10.9 Å². The van der Waals surface area contributed by atoms with Gasteiger partial charge in [0.1, 0.15) is 23.9 Å². The average molecular weight is 397 g/mol. The number of nitrogens with two attached hydrogens (primary N) is 1. The molecule has 2 aromatic heterocycles. The molecule has 0 fully saturated rings. The minimum absolute atomic E-state index is 0.0318. The Morgan fingerprint density at radius 2 is 1.96 bits per heavy atom. The Bertz CT molecular complexity index is 1080. The van der Waals surface area contributed by atoms with E-state index >= 15 is 0 Å². The van der Waals surface area contributed by atoms with Crippen LogP contribution in [0.5, 0.6) is 11.5 Å². The first-order chi connectivity index (χ1) is 13.7. The van der Waals surface area contributed by atoms with Gasteiger partial charge in [-0.25, -0.2) is 14.8 Å². The molecule has 0 unspecified atom stereocenters. The van der Waals surface area contributed by atoms with Crippen molar-refractivity contribution < 1.29 is 19.0 Å². The lowest BCUT2D eigenvalue weighted by Gasteiger charge is -2.18. The molecule has 0 bridgehead atoms. The largest absolute Gasteiger partial charge is 0.486 e. The third-order valence-corrected chi connectivity index (χ3v) is 6.18. The first-order valence-electron chi connectivity index (χ1n) is 9.32. The highest BCUT2D eigenvalue weighted by atomic mass is 32.1. The van der Waals surface area contributed by atoms with E-state index in [2.05, 4.69) is 9.97 Å². The van der Waals surface area contributed by atoms with Crippen LogP contribution in [0.2, 0.25) is 0 Å². The SMILES string of the molecule is Nc1nc(COC(=O)c2ccc3c(c2)OCCO3)nc2sc3c(c12)CCCC3. The van der Waals surface area contributed by atoms with Gasteiger partial charge in [-0.15, -0.1) is 11.3 Å².